The number of aromatic nitrogens is 3. The predicted molar refractivity (Wildman–Crippen MR) is 98.6 cm³/mol. The quantitative estimate of drug-likeness (QED) is 0.765. The first-order valence-corrected chi connectivity index (χ1v) is 8.58. The first-order valence-electron chi connectivity index (χ1n) is 8.20. The number of rotatable bonds is 3. The Balaban J connectivity index is 1.91. The number of nitrogens with one attached hydrogen (secondary N) is 1. The van der Waals surface area contributed by atoms with Gasteiger partial charge in [0.05, 0.1) is 17.8 Å². The van der Waals surface area contributed by atoms with Gasteiger partial charge >= 0.3 is 0 Å². The number of nitrogens with zero attached hydrogens (tertiary/aromatic N) is 6. The van der Waals surface area contributed by atoms with E-state index in [0.717, 1.165) is 25.9 Å². The molecule has 128 valence electrons. The summed E-state index contributed by atoms with van der Waals surface area (Å²) < 4.78 is 1.53. The fourth-order valence-electron chi connectivity index (χ4n) is 3.13. The van der Waals surface area contributed by atoms with E-state index < -0.39 is 0 Å². The van der Waals surface area contributed by atoms with Gasteiger partial charge in [-0.25, -0.2) is 4.98 Å². The summed E-state index contributed by atoms with van der Waals surface area (Å²) >= 11 is 6.25. The van der Waals surface area contributed by atoms with Crippen LogP contribution in [-0.4, -0.2) is 27.7 Å². The molecular formula is C18H14ClN7. The Morgan fingerprint density at radius 3 is 2.69 bits per heavy atom. The summed E-state index contributed by atoms with van der Waals surface area (Å²) in [5.41, 5.74) is 2.11. The molecule has 8 heteroatoms. The average molecular weight is 364 g/mol. The van der Waals surface area contributed by atoms with E-state index in [2.05, 4.69) is 32.4 Å². The SMILES string of the molecule is N#Cc1cccc(Nc2c(C#N)c(N3CCCC3)nc3c(Cl)cnn23)c1. The molecule has 0 atom stereocenters. The Labute approximate surface area is 155 Å². The molecule has 3 heterocycles. The second kappa shape index (κ2) is 6.55. The van der Waals surface area contributed by atoms with E-state index in [4.69, 9.17) is 16.9 Å². The number of benzene rings is 1. The van der Waals surface area contributed by atoms with Crippen LogP contribution in [0.1, 0.15) is 24.0 Å². The van der Waals surface area contributed by atoms with Crippen molar-refractivity contribution in [1.29, 1.82) is 10.5 Å². The van der Waals surface area contributed by atoms with E-state index in [1.165, 1.54) is 10.7 Å². The maximum Gasteiger partial charge on any atom is 0.178 e. The lowest BCUT2D eigenvalue weighted by molar-refractivity contribution is 0.898. The van der Waals surface area contributed by atoms with Crippen LogP contribution in [0, 0.1) is 22.7 Å². The molecule has 0 bridgehead atoms. The molecule has 1 aliphatic rings. The maximum atomic E-state index is 9.82. The number of hydrogen-bond donors (Lipinski definition) is 1. The number of nitriles is 2. The third kappa shape index (κ3) is 2.69. The fourth-order valence-corrected chi connectivity index (χ4v) is 3.30. The molecule has 1 N–H and O–H groups in total. The lowest BCUT2D eigenvalue weighted by Gasteiger charge is -2.20. The largest absolute Gasteiger partial charge is 0.355 e. The third-order valence-electron chi connectivity index (χ3n) is 4.36. The van der Waals surface area contributed by atoms with Crippen molar-refractivity contribution in [3.05, 3.63) is 46.6 Å². The second-order valence-corrected chi connectivity index (χ2v) is 6.42. The van der Waals surface area contributed by atoms with Gasteiger partial charge in [0, 0.05) is 18.8 Å². The van der Waals surface area contributed by atoms with Gasteiger partial charge in [0.15, 0.2) is 17.3 Å². The highest BCUT2D eigenvalue weighted by Gasteiger charge is 2.24. The molecule has 26 heavy (non-hydrogen) atoms. The summed E-state index contributed by atoms with van der Waals surface area (Å²) in [6.45, 7) is 1.71. The molecule has 0 aliphatic carbocycles. The number of anilines is 3. The summed E-state index contributed by atoms with van der Waals surface area (Å²) in [5.74, 6) is 1.10. The second-order valence-electron chi connectivity index (χ2n) is 6.01. The minimum atomic E-state index is 0.404. The molecule has 0 spiro atoms. The highest BCUT2D eigenvalue weighted by Crippen LogP contribution is 2.32. The van der Waals surface area contributed by atoms with E-state index >= 15 is 0 Å². The summed E-state index contributed by atoms with van der Waals surface area (Å²) in [6.07, 6.45) is 3.64. The van der Waals surface area contributed by atoms with Gasteiger partial charge in [-0.1, -0.05) is 17.7 Å². The molecular weight excluding hydrogens is 350 g/mol. The average Bonchev–Trinajstić information content (AvgIpc) is 3.32. The molecule has 2 aromatic heterocycles. The molecule has 0 amide bonds. The zero-order valence-electron chi connectivity index (χ0n) is 13.8. The molecule has 0 saturated carbocycles. The van der Waals surface area contributed by atoms with Crippen molar-refractivity contribution in [3.8, 4) is 12.1 Å². The normalized spacial score (nSPS) is 13.6. The van der Waals surface area contributed by atoms with Crippen LogP contribution in [0.25, 0.3) is 5.65 Å². The lowest BCUT2D eigenvalue weighted by atomic mass is 10.2. The topological polar surface area (TPSA) is 93.0 Å². The highest BCUT2D eigenvalue weighted by molar-refractivity contribution is 6.33. The van der Waals surface area contributed by atoms with Gasteiger partial charge in [0.2, 0.25) is 0 Å². The third-order valence-corrected chi connectivity index (χ3v) is 4.62. The molecule has 4 rings (SSSR count). The van der Waals surface area contributed by atoms with Crippen molar-refractivity contribution < 1.29 is 0 Å². The summed E-state index contributed by atoms with van der Waals surface area (Å²) in [5, 5.41) is 26.8. The molecule has 0 unspecified atom stereocenters. The zero-order chi connectivity index (χ0) is 18.1. The Morgan fingerprint density at radius 2 is 1.96 bits per heavy atom. The van der Waals surface area contributed by atoms with Crippen molar-refractivity contribution >= 4 is 34.6 Å². The van der Waals surface area contributed by atoms with Crippen molar-refractivity contribution in [2.45, 2.75) is 12.8 Å². The molecule has 1 aliphatic heterocycles. The molecule has 1 aromatic carbocycles. The number of halogens is 1. The van der Waals surface area contributed by atoms with Gasteiger partial charge in [-0.3, -0.25) is 0 Å². The van der Waals surface area contributed by atoms with Crippen LogP contribution in [0.3, 0.4) is 0 Å². The smallest absolute Gasteiger partial charge is 0.178 e. The number of fused-ring (bicyclic) bond motifs is 1. The van der Waals surface area contributed by atoms with Gasteiger partial charge in [-0.15, -0.1) is 0 Å². The first-order chi connectivity index (χ1) is 12.7. The van der Waals surface area contributed by atoms with E-state index in [9.17, 15) is 5.26 Å². The molecule has 1 saturated heterocycles. The van der Waals surface area contributed by atoms with E-state index in [-0.39, 0.29) is 0 Å². The summed E-state index contributed by atoms with van der Waals surface area (Å²) in [4.78, 5) is 6.70. The number of hydrogen-bond acceptors (Lipinski definition) is 6. The Kier molecular flexibility index (Phi) is 4.08. The van der Waals surface area contributed by atoms with Gasteiger partial charge < -0.3 is 10.2 Å². The van der Waals surface area contributed by atoms with Crippen LogP contribution < -0.4 is 10.2 Å². The Morgan fingerprint density at radius 1 is 1.15 bits per heavy atom. The van der Waals surface area contributed by atoms with Crippen LogP contribution in [0.15, 0.2) is 30.5 Å². The van der Waals surface area contributed by atoms with Crippen LogP contribution in [0.2, 0.25) is 5.02 Å². The van der Waals surface area contributed by atoms with Crippen LogP contribution in [-0.2, 0) is 0 Å². The van der Waals surface area contributed by atoms with E-state index in [1.54, 1.807) is 18.2 Å². The first kappa shape index (κ1) is 16.2. The summed E-state index contributed by atoms with van der Waals surface area (Å²) in [6, 6.07) is 11.4. The van der Waals surface area contributed by atoms with Gasteiger partial charge in [0.1, 0.15) is 16.7 Å². The highest BCUT2D eigenvalue weighted by atomic mass is 35.5. The van der Waals surface area contributed by atoms with Crippen molar-refractivity contribution in [1.82, 2.24) is 14.6 Å². The van der Waals surface area contributed by atoms with Gasteiger partial charge in [-0.05, 0) is 31.0 Å². The molecule has 0 radical (unpaired) electrons. The van der Waals surface area contributed by atoms with Gasteiger partial charge in [0.25, 0.3) is 0 Å². The molecule has 7 nitrogen and oxygen atoms in total. The minimum absolute atomic E-state index is 0.404. The summed E-state index contributed by atoms with van der Waals surface area (Å²) in [7, 11) is 0. The van der Waals surface area contributed by atoms with Crippen LogP contribution >= 0.6 is 11.6 Å². The lowest BCUT2D eigenvalue weighted by Crippen LogP contribution is -2.22. The fraction of sp³-hybridized carbons (Fsp3) is 0.222. The zero-order valence-corrected chi connectivity index (χ0v) is 14.5. The minimum Gasteiger partial charge on any atom is -0.355 e. The predicted octanol–water partition coefficient (Wildman–Crippen LogP) is 3.47. The monoisotopic (exact) mass is 363 g/mol. The van der Waals surface area contributed by atoms with E-state index in [1.807, 2.05) is 6.07 Å². The van der Waals surface area contributed by atoms with Crippen molar-refractivity contribution in [2.24, 2.45) is 0 Å². The van der Waals surface area contributed by atoms with E-state index in [0.29, 0.717) is 39.1 Å². The standard InChI is InChI=1S/C18H14ClN7/c19-15-11-22-26-17(23-13-5-3-4-12(8-13)9-20)14(10-21)16(24-18(15)26)25-6-1-2-7-25/h3-5,8,11,23H,1-2,6-7H2. The maximum absolute atomic E-state index is 9.82. The van der Waals surface area contributed by atoms with Crippen molar-refractivity contribution in [2.75, 3.05) is 23.3 Å². The van der Waals surface area contributed by atoms with Crippen LogP contribution in [0.5, 0.6) is 0 Å². The Bertz CT molecular complexity index is 1070. The molecule has 1 fully saturated rings. The Hall–Kier alpha value is -3.29. The van der Waals surface area contributed by atoms with Crippen molar-refractivity contribution in [3.63, 3.8) is 0 Å². The van der Waals surface area contributed by atoms with Crippen LogP contribution in [0.4, 0.5) is 17.3 Å². The molecule has 3 aromatic rings. The van der Waals surface area contributed by atoms with Gasteiger partial charge in [-0.2, -0.15) is 20.1 Å².